The van der Waals surface area contributed by atoms with Crippen LogP contribution in [0.3, 0.4) is 0 Å². The van der Waals surface area contributed by atoms with Crippen LogP contribution in [0.4, 0.5) is 0 Å². The van der Waals surface area contributed by atoms with Gasteiger partial charge in [-0.1, -0.05) is 89.1 Å². The second-order valence-corrected chi connectivity index (χ2v) is 20.3. The first-order chi connectivity index (χ1) is 38.7. The number of guanidine groups is 1. The van der Waals surface area contributed by atoms with Crippen LogP contribution in [-0.2, 0) is 55.9 Å². The van der Waals surface area contributed by atoms with E-state index in [2.05, 4.69) is 15.3 Å². The Morgan fingerprint density at radius 3 is 1.56 bits per heavy atom. The summed E-state index contributed by atoms with van der Waals surface area (Å²) in [4.78, 5) is 93.5. The maximum atomic E-state index is 12.1. The first-order valence-electron chi connectivity index (χ1n) is 26.4. The SMILES string of the molecule is CC(C)C[C@H](NC(CCC(N)C(=O)OC(=O)[C@@H](N)CCCCN)N=C(N)N)C(=O)O.CC[C@H](C)[C@H](N)C(=O)O.CSCC[C@H](N)C(=O)O.C[C@@H](O)[C@H](N)C(=O)O.N[C@@H](Cc1c[nH]c2ccccc12)C(=O)O.N[C@@H](Cc1ccccc1)C(=O)O.[Ca+2].[H-].[H-]. The zero-order valence-electron chi connectivity index (χ0n) is 50.8. The maximum Gasteiger partial charge on any atom is 2.00 e. The number of unbranched alkanes of at least 4 members (excludes halogenated alkanes) is 1. The van der Waals surface area contributed by atoms with Gasteiger partial charge in [-0.2, -0.15) is 11.8 Å². The number of carboxylic acids is 6. The van der Waals surface area contributed by atoms with Crippen molar-refractivity contribution < 1.29 is 81.7 Å². The van der Waals surface area contributed by atoms with E-state index in [1.165, 1.54) is 6.92 Å². The number of thioether (sulfide) groups is 1. The van der Waals surface area contributed by atoms with E-state index < -0.39 is 108 Å². The predicted molar refractivity (Wildman–Crippen MR) is 325 cm³/mol. The van der Waals surface area contributed by atoms with Gasteiger partial charge in [-0.25, -0.2) is 14.6 Å². The van der Waals surface area contributed by atoms with Gasteiger partial charge in [0.15, 0.2) is 5.96 Å². The molecule has 31 heteroatoms. The molecule has 0 radical (unpaired) electrons. The number of hydrogen-bond acceptors (Lipinski definition) is 21. The van der Waals surface area contributed by atoms with Crippen molar-refractivity contribution in [1.29, 1.82) is 0 Å². The fourth-order valence-electron chi connectivity index (χ4n) is 6.29. The van der Waals surface area contributed by atoms with Crippen molar-refractivity contribution in [3.63, 3.8) is 0 Å². The number of nitrogens with zero attached hydrogens (tertiary/aromatic N) is 1. The number of carbonyl (C=O) groups is 8. The first kappa shape index (κ1) is 84.9. The molecule has 2 unspecified atom stereocenters. The standard InChI is InChI=1S/C18H37N7O5.C11H12N2O2.C9H11NO2.C6H13NO2.C5H11NO2S.C4H9NO3.Ca.2H/c1-10(2)9-13(15(26)27)24-14(25-18(22)23)7-6-12(21)17(29)30-16(28)11(20)5-3-4-8-19;12-9(11(14)15)5-7-6-13-10-4-2-1-3-8(7)10;10-8(9(11)12)6-7-4-2-1-3-5-7;1-3-4(2)5(7)6(8)9;1-9-3-2-4(6)5(7)8;1-2(6)3(5)4(7)8;;;/h10-14,24H,3-9,19-21H2,1-2H3,(H,26,27)(H4,22,23,25);1-4,6,9,13H,5,12H2,(H,14,15);1-5,8H,6,10H2,(H,11,12);4-5H,3,7H2,1-2H3,(H,8,9);4H,2-3,6H2,1H3,(H,7,8);2-3,6H,5H2,1H3,(H,7,8);;;/q;;;;;;+2;2*-1/t11-,12?,13-,14?;9-;8-;4-,5-;4-;2-,3+;;;/m000001.../s1. The zero-order valence-corrected chi connectivity index (χ0v) is 51.9. The Morgan fingerprint density at radius 1 is 0.643 bits per heavy atom. The minimum atomic E-state index is -1.18. The van der Waals surface area contributed by atoms with Crippen molar-refractivity contribution in [2.45, 2.75) is 159 Å². The first-order valence-corrected chi connectivity index (χ1v) is 27.8. The third kappa shape index (κ3) is 41.4. The average molecular weight is 1240 g/mol. The molecule has 1 aromatic heterocycles. The fraction of sp³-hybridized carbons (Fsp3) is 0.566. The van der Waals surface area contributed by atoms with Crippen LogP contribution in [0.25, 0.3) is 10.9 Å². The molecule has 2 aromatic carbocycles. The van der Waals surface area contributed by atoms with Crippen molar-refractivity contribution in [3.05, 3.63) is 71.9 Å². The smallest absolute Gasteiger partial charge is 1.00 e. The van der Waals surface area contributed by atoms with Gasteiger partial charge in [-0.15, -0.1) is 0 Å². The molecule has 3 aromatic rings. The number of ether oxygens (including phenoxy) is 1. The summed E-state index contributed by atoms with van der Waals surface area (Å²) in [6.45, 7) is 9.34. The second-order valence-electron chi connectivity index (χ2n) is 19.3. The van der Waals surface area contributed by atoms with Gasteiger partial charge in [-0.05, 0) is 99.5 Å². The quantitative estimate of drug-likeness (QED) is 0.00979. The number of carbonyl (C=O) groups excluding carboxylic acids is 2. The van der Waals surface area contributed by atoms with E-state index in [-0.39, 0.29) is 71.2 Å². The Kier molecular flexibility index (Phi) is 49.1. The summed E-state index contributed by atoms with van der Waals surface area (Å²) in [6, 6.07) is 9.98. The Bertz CT molecular complexity index is 2400. The van der Waals surface area contributed by atoms with Crippen LogP contribution in [0.2, 0.25) is 0 Å². The number of esters is 2. The van der Waals surface area contributed by atoms with Crippen LogP contribution in [0, 0.1) is 11.8 Å². The molecule has 0 aliphatic carbocycles. The van der Waals surface area contributed by atoms with Crippen LogP contribution < -0.4 is 62.7 Å². The number of fused-ring (bicyclic) bond motifs is 1. The number of benzene rings is 2. The molecule has 84 heavy (non-hydrogen) atoms. The Labute approximate surface area is 527 Å². The van der Waals surface area contributed by atoms with Crippen molar-refractivity contribution in [2.24, 2.45) is 74.2 Å². The van der Waals surface area contributed by atoms with E-state index >= 15 is 0 Å². The minimum Gasteiger partial charge on any atom is -1.00 e. The van der Waals surface area contributed by atoms with Gasteiger partial charge in [0.25, 0.3) is 0 Å². The van der Waals surface area contributed by atoms with Crippen LogP contribution in [0.5, 0.6) is 0 Å². The molecule has 3 rings (SSSR count). The third-order valence-electron chi connectivity index (χ3n) is 11.6. The number of aliphatic carboxylic acids is 6. The van der Waals surface area contributed by atoms with Gasteiger partial charge < -0.3 is 106 Å². The molecule has 0 saturated heterocycles. The van der Waals surface area contributed by atoms with Gasteiger partial charge in [0.1, 0.15) is 54.5 Å². The predicted octanol–water partition coefficient (Wildman–Crippen LogP) is -0.709. The molecule has 1 heterocycles. The molecule has 0 saturated carbocycles. The number of carboxylic acid groups (broad SMARTS) is 6. The molecule has 0 aliphatic heterocycles. The van der Waals surface area contributed by atoms with Gasteiger partial charge in [-0.3, -0.25) is 34.1 Å². The number of nitrogens with one attached hydrogen (secondary N) is 2. The van der Waals surface area contributed by atoms with E-state index in [1.54, 1.807) is 11.8 Å². The van der Waals surface area contributed by atoms with Crippen molar-refractivity contribution in [3.8, 4) is 0 Å². The summed E-state index contributed by atoms with van der Waals surface area (Å²) in [5, 5.41) is 63.7. The van der Waals surface area contributed by atoms with Crippen molar-refractivity contribution in [2.75, 3.05) is 18.6 Å². The maximum absolute atomic E-state index is 12.1. The number of nitrogens with two attached hydrogens (primary N) is 10. The van der Waals surface area contributed by atoms with Gasteiger partial charge in [0.05, 0.1) is 6.10 Å². The summed E-state index contributed by atoms with van der Waals surface area (Å²) in [6.07, 6.45) is 6.33. The number of aromatic nitrogens is 1. The number of aliphatic hydroxyl groups excluding tert-OH is 1. The molecule has 0 aliphatic rings. The summed E-state index contributed by atoms with van der Waals surface area (Å²) >= 11 is 1.60. The van der Waals surface area contributed by atoms with Crippen LogP contribution >= 0.6 is 11.8 Å². The average Bonchev–Trinajstić information content (AvgIpc) is 3.83. The van der Waals surface area contributed by atoms with Crippen molar-refractivity contribution in [1.82, 2.24) is 10.3 Å². The molecular formula is C53H95CaN13O16S. The molecule has 29 N–H and O–H groups in total. The Balaban J connectivity index is -0.000000241. The molecule has 11 atom stereocenters. The Hall–Kier alpha value is -5.58. The van der Waals surface area contributed by atoms with E-state index in [4.69, 9.17) is 92.7 Å². The topological polar surface area (TPSA) is 588 Å². The van der Waals surface area contributed by atoms with Gasteiger partial charge in [0, 0.05) is 23.5 Å². The van der Waals surface area contributed by atoms with Gasteiger partial charge >= 0.3 is 85.5 Å². The number of aromatic amines is 1. The molecule has 29 nitrogen and oxygen atoms in total. The summed E-state index contributed by atoms with van der Waals surface area (Å²) in [7, 11) is 0. The van der Waals surface area contributed by atoms with E-state index in [9.17, 15) is 43.5 Å². The van der Waals surface area contributed by atoms with Gasteiger partial charge in [0.2, 0.25) is 0 Å². The number of aliphatic hydroxyl groups is 1. The van der Waals surface area contributed by atoms with Crippen molar-refractivity contribution >= 4 is 114 Å². The normalized spacial score (nSPS) is 14.3. The number of rotatable bonds is 30. The summed E-state index contributed by atoms with van der Waals surface area (Å²) < 4.78 is 4.73. The third-order valence-corrected chi connectivity index (χ3v) is 12.2. The largest absolute Gasteiger partial charge is 2.00 e. The molecule has 0 fully saturated rings. The Morgan fingerprint density at radius 2 is 1.14 bits per heavy atom. The monoisotopic (exact) mass is 1240 g/mol. The van der Waals surface area contributed by atoms with Crippen LogP contribution in [-0.4, -0.2) is 211 Å². The molecule has 0 bridgehead atoms. The van der Waals surface area contributed by atoms with Crippen LogP contribution in [0.15, 0.2) is 65.8 Å². The number of hydrogen-bond donors (Lipinski definition) is 19. The molecule has 476 valence electrons. The van der Waals surface area contributed by atoms with E-state index in [1.807, 2.05) is 94.7 Å². The number of aliphatic imine (C=N–C) groups is 1. The van der Waals surface area contributed by atoms with Crippen LogP contribution in [0.1, 0.15) is 100.0 Å². The summed E-state index contributed by atoms with van der Waals surface area (Å²) in [5.74, 6) is -6.99. The van der Waals surface area contributed by atoms with E-state index in [0.717, 1.165) is 34.2 Å². The minimum absolute atomic E-state index is 0. The molecular weight excluding hydrogens is 1150 g/mol. The second kappa shape index (κ2) is 48.6. The fourth-order valence-corrected chi connectivity index (χ4v) is 6.78. The zero-order chi connectivity index (χ0) is 64.5. The molecule has 0 amide bonds. The number of para-hydroxylation sites is 1. The van der Waals surface area contributed by atoms with E-state index in [0.29, 0.717) is 51.5 Å². The summed E-state index contributed by atoms with van der Waals surface area (Å²) in [5.41, 5.74) is 56.8. The number of H-pyrrole nitrogens is 1. The molecule has 0 spiro atoms.